The summed E-state index contributed by atoms with van der Waals surface area (Å²) in [5, 5.41) is 5.06. The van der Waals surface area contributed by atoms with Crippen LogP contribution in [0.5, 0.6) is 5.75 Å². The second-order valence-corrected chi connectivity index (χ2v) is 7.31. The molecule has 0 spiro atoms. The second-order valence-electron chi connectivity index (χ2n) is 6.39. The minimum atomic E-state index is -0.815. The first-order chi connectivity index (χ1) is 14.0. The van der Waals surface area contributed by atoms with Gasteiger partial charge < -0.3 is 9.30 Å². The Bertz CT molecular complexity index is 1130. The van der Waals surface area contributed by atoms with E-state index in [0.717, 1.165) is 21.1 Å². The van der Waals surface area contributed by atoms with Gasteiger partial charge in [0.05, 0.1) is 6.54 Å². The number of rotatable bonds is 5. The minimum Gasteiger partial charge on any atom is -0.492 e. The molecule has 1 fully saturated rings. The quantitative estimate of drug-likeness (QED) is 0.458. The van der Waals surface area contributed by atoms with Crippen molar-refractivity contribution in [3.05, 3.63) is 70.3 Å². The van der Waals surface area contributed by atoms with Gasteiger partial charge in [0, 0.05) is 27.1 Å². The van der Waals surface area contributed by atoms with Crippen molar-refractivity contribution in [1.29, 1.82) is 0 Å². The van der Waals surface area contributed by atoms with Crippen LogP contribution >= 0.6 is 15.9 Å². The summed E-state index contributed by atoms with van der Waals surface area (Å²) in [4.78, 5) is 35.3. The summed E-state index contributed by atoms with van der Waals surface area (Å²) in [7, 11) is 0. The van der Waals surface area contributed by atoms with Gasteiger partial charge in [-0.25, -0.2) is 4.79 Å². The van der Waals surface area contributed by atoms with E-state index >= 15 is 0 Å². The number of ether oxygens (including phenoxy) is 1. The number of nitrogens with one attached hydrogen (secondary N) is 2. The molecule has 2 aromatic carbocycles. The number of para-hydroxylation sites is 1. The zero-order valence-corrected chi connectivity index (χ0v) is 16.7. The Hall–Kier alpha value is -3.39. The van der Waals surface area contributed by atoms with E-state index in [9.17, 15) is 14.4 Å². The number of aromatic nitrogens is 1. The average Bonchev–Trinajstić information content (AvgIpc) is 3.04. The number of amides is 4. The van der Waals surface area contributed by atoms with Gasteiger partial charge in [0.1, 0.15) is 17.9 Å². The van der Waals surface area contributed by atoms with Gasteiger partial charge in [-0.2, -0.15) is 0 Å². The van der Waals surface area contributed by atoms with E-state index in [4.69, 9.17) is 4.74 Å². The van der Waals surface area contributed by atoms with E-state index in [1.807, 2.05) is 59.3 Å². The maximum Gasteiger partial charge on any atom is 0.328 e. The van der Waals surface area contributed by atoms with Crippen LogP contribution in [0.3, 0.4) is 0 Å². The Morgan fingerprint density at radius 3 is 2.38 bits per heavy atom. The second kappa shape index (κ2) is 7.92. The zero-order valence-electron chi connectivity index (χ0n) is 15.1. The normalized spacial score (nSPS) is 14.0. The van der Waals surface area contributed by atoms with Crippen LogP contribution in [0.4, 0.5) is 4.79 Å². The van der Waals surface area contributed by atoms with Crippen molar-refractivity contribution in [2.45, 2.75) is 6.54 Å². The fourth-order valence-corrected chi connectivity index (χ4v) is 3.39. The van der Waals surface area contributed by atoms with E-state index in [1.54, 1.807) is 0 Å². The highest BCUT2D eigenvalue weighted by Crippen LogP contribution is 2.24. The Kier molecular flexibility index (Phi) is 5.18. The van der Waals surface area contributed by atoms with E-state index in [-0.39, 0.29) is 5.57 Å². The molecule has 0 radical (unpaired) electrons. The summed E-state index contributed by atoms with van der Waals surface area (Å²) in [5.41, 5.74) is 1.55. The Balaban J connectivity index is 1.59. The molecule has 0 bridgehead atoms. The molecule has 0 saturated carbocycles. The lowest BCUT2D eigenvalue weighted by molar-refractivity contribution is -0.123. The summed E-state index contributed by atoms with van der Waals surface area (Å²) in [6.45, 7) is 1.03. The molecule has 7 nitrogen and oxygen atoms in total. The maximum atomic E-state index is 12.0. The number of barbiturate groups is 1. The molecule has 0 unspecified atom stereocenters. The number of hydrogen-bond donors (Lipinski definition) is 2. The number of imide groups is 2. The number of benzene rings is 2. The van der Waals surface area contributed by atoms with Crippen LogP contribution in [0.25, 0.3) is 17.0 Å². The van der Waals surface area contributed by atoms with Crippen LogP contribution < -0.4 is 15.4 Å². The van der Waals surface area contributed by atoms with E-state index in [1.165, 1.54) is 6.08 Å². The van der Waals surface area contributed by atoms with Gasteiger partial charge in [0.25, 0.3) is 11.8 Å². The number of halogens is 1. The third-order valence-electron chi connectivity index (χ3n) is 4.48. The number of urea groups is 1. The number of hydrogen-bond acceptors (Lipinski definition) is 4. The molecule has 1 aromatic heterocycles. The molecule has 0 atom stereocenters. The van der Waals surface area contributed by atoms with Crippen molar-refractivity contribution in [2.75, 3.05) is 6.61 Å². The first-order valence-corrected chi connectivity index (χ1v) is 9.65. The number of fused-ring (bicyclic) bond motifs is 1. The fourth-order valence-electron chi connectivity index (χ4n) is 3.13. The number of nitrogens with zero attached hydrogens (tertiary/aromatic N) is 1. The van der Waals surface area contributed by atoms with Gasteiger partial charge in [-0.15, -0.1) is 0 Å². The van der Waals surface area contributed by atoms with Crippen LogP contribution in [0.2, 0.25) is 0 Å². The summed E-state index contributed by atoms with van der Waals surface area (Å²) in [5.74, 6) is -0.657. The van der Waals surface area contributed by atoms with E-state index in [0.29, 0.717) is 18.7 Å². The first-order valence-electron chi connectivity index (χ1n) is 8.86. The standard InChI is InChI=1S/C21H16BrN3O4/c22-14-5-7-15(8-6-14)29-10-9-25-12-13(16-3-1-2-4-18(16)25)11-17-19(26)23-21(28)24-20(17)27/h1-8,11-12H,9-10H2,(H2,23,24,26,27,28). The van der Waals surface area contributed by atoms with Crippen molar-refractivity contribution in [3.63, 3.8) is 0 Å². The lowest BCUT2D eigenvalue weighted by atomic mass is 10.1. The third-order valence-corrected chi connectivity index (χ3v) is 5.01. The summed E-state index contributed by atoms with van der Waals surface area (Å²) >= 11 is 3.39. The monoisotopic (exact) mass is 453 g/mol. The zero-order chi connectivity index (χ0) is 20.4. The van der Waals surface area contributed by atoms with Crippen molar-refractivity contribution < 1.29 is 19.1 Å². The number of carbonyl (C=O) groups excluding carboxylic acids is 3. The molecule has 146 valence electrons. The van der Waals surface area contributed by atoms with Crippen LogP contribution in [-0.4, -0.2) is 29.0 Å². The van der Waals surface area contributed by atoms with Crippen LogP contribution in [0.15, 0.2) is 64.8 Å². The molecule has 29 heavy (non-hydrogen) atoms. The number of carbonyl (C=O) groups is 3. The molecule has 2 heterocycles. The lowest BCUT2D eigenvalue weighted by Gasteiger charge is -2.13. The van der Waals surface area contributed by atoms with Crippen molar-refractivity contribution >= 4 is 50.8 Å². The van der Waals surface area contributed by atoms with Gasteiger partial charge >= 0.3 is 6.03 Å². The molecule has 3 aromatic rings. The fraction of sp³-hybridized carbons (Fsp3) is 0.0952. The largest absolute Gasteiger partial charge is 0.492 e. The Morgan fingerprint density at radius 2 is 1.66 bits per heavy atom. The smallest absolute Gasteiger partial charge is 0.328 e. The Labute approximate surface area is 174 Å². The molecule has 8 heteroatoms. The molecule has 0 aliphatic carbocycles. The lowest BCUT2D eigenvalue weighted by Crippen LogP contribution is -2.51. The molecule has 4 rings (SSSR count). The van der Waals surface area contributed by atoms with Gasteiger partial charge in [-0.3, -0.25) is 20.2 Å². The molecule has 2 N–H and O–H groups in total. The predicted molar refractivity (Wildman–Crippen MR) is 111 cm³/mol. The van der Waals surface area contributed by atoms with Crippen LogP contribution in [-0.2, 0) is 16.1 Å². The Morgan fingerprint density at radius 1 is 0.966 bits per heavy atom. The molecular formula is C21H16BrN3O4. The molecule has 1 saturated heterocycles. The van der Waals surface area contributed by atoms with Crippen molar-refractivity contribution in [3.8, 4) is 5.75 Å². The summed E-state index contributed by atoms with van der Waals surface area (Å²) in [6, 6.07) is 14.5. The topological polar surface area (TPSA) is 89.4 Å². The highest BCUT2D eigenvalue weighted by molar-refractivity contribution is 9.10. The van der Waals surface area contributed by atoms with Gasteiger partial charge in [0.2, 0.25) is 0 Å². The van der Waals surface area contributed by atoms with E-state index < -0.39 is 17.8 Å². The van der Waals surface area contributed by atoms with Crippen molar-refractivity contribution in [1.82, 2.24) is 15.2 Å². The molecule has 1 aliphatic rings. The van der Waals surface area contributed by atoms with Gasteiger partial charge in [-0.1, -0.05) is 34.1 Å². The first kappa shape index (κ1) is 18.9. The summed E-state index contributed by atoms with van der Waals surface area (Å²) in [6.07, 6.45) is 3.35. The van der Waals surface area contributed by atoms with Crippen LogP contribution in [0, 0.1) is 0 Å². The van der Waals surface area contributed by atoms with E-state index in [2.05, 4.69) is 26.6 Å². The molecule has 1 aliphatic heterocycles. The highest BCUT2D eigenvalue weighted by Gasteiger charge is 2.28. The average molecular weight is 454 g/mol. The molecular weight excluding hydrogens is 438 g/mol. The molecule has 4 amide bonds. The van der Waals surface area contributed by atoms with Gasteiger partial charge in [-0.05, 0) is 36.4 Å². The maximum absolute atomic E-state index is 12.0. The summed E-state index contributed by atoms with van der Waals surface area (Å²) < 4.78 is 8.78. The van der Waals surface area contributed by atoms with Crippen LogP contribution in [0.1, 0.15) is 5.56 Å². The van der Waals surface area contributed by atoms with Gasteiger partial charge in [0.15, 0.2) is 0 Å². The van der Waals surface area contributed by atoms with Crippen molar-refractivity contribution in [2.24, 2.45) is 0 Å². The SMILES string of the molecule is O=C1NC(=O)C(=Cc2cn(CCOc3ccc(Br)cc3)c3ccccc23)C(=O)N1. The predicted octanol–water partition coefficient (Wildman–Crippen LogP) is 3.23. The minimum absolute atomic E-state index is 0.112. The third kappa shape index (κ3) is 4.07. The highest BCUT2D eigenvalue weighted by atomic mass is 79.9.